The monoisotopic (exact) mass is 291 g/mol. The molecule has 2 rings (SSSR count). The Morgan fingerprint density at radius 3 is 2.68 bits per heavy atom. The third kappa shape index (κ3) is 2.84. The van der Waals surface area contributed by atoms with Gasteiger partial charge in [-0.1, -0.05) is 41.4 Å². The third-order valence-corrected chi connectivity index (χ3v) is 3.63. The molecular weight excluding hydrogens is 281 g/mol. The van der Waals surface area contributed by atoms with Gasteiger partial charge in [-0.05, 0) is 23.8 Å². The lowest BCUT2D eigenvalue weighted by molar-refractivity contribution is 0.411. The van der Waals surface area contributed by atoms with Crippen LogP contribution in [0.15, 0.2) is 36.4 Å². The van der Waals surface area contributed by atoms with Gasteiger partial charge in [-0.2, -0.15) is 5.26 Å². The van der Waals surface area contributed by atoms with Crippen LogP contribution in [0.1, 0.15) is 5.56 Å². The summed E-state index contributed by atoms with van der Waals surface area (Å²) in [6, 6.07) is 13.2. The fourth-order valence-electron chi connectivity index (χ4n) is 1.90. The fourth-order valence-corrected chi connectivity index (χ4v) is 2.31. The molecule has 0 saturated carbocycles. The van der Waals surface area contributed by atoms with Gasteiger partial charge in [0.25, 0.3) is 0 Å². The van der Waals surface area contributed by atoms with E-state index in [1.54, 1.807) is 13.2 Å². The molecule has 0 aliphatic rings. The number of rotatable bonds is 3. The second-order valence-electron chi connectivity index (χ2n) is 3.96. The number of nitriles is 1. The van der Waals surface area contributed by atoms with Crippen molar-refractivity contribution in [1.29, 1.82) is 5.26 Å². The van der Waals surface area contributed by atoms with Crippen molar-refractivity contribution in [1.82, 2.24) is 0 Å². The molecule has 0 atom stereocenters. The van der Waals surface area contributed by atoms with Gasteiger partial charge in [0.05, 0.1) is 29.6 Å². The molecule has 4 heteroatoms. The highest BCUT2D eigenvalue weighted by atomic mass is 35.5. The van der Waals surface area contributed by atoms with Gasteiger partial charge in [0.15, 0.2) is 0 Å². The lowest BCUT2D eigenvalue weighted by Crippen LogP contribution is -1.92. The molecule has 2 nitrogen and oxygen atoms in total. The van der Waals surface area contributed by atoms with Gasteiger partial charge < -0.3 is 4.74 Å². The van der Waals surface area contributed by atoms with Gasteiger partial charge in [-0.15, -0.1) is 0 Å². The van der Waals surface area contributed by atoms with E-state index in [4.69, 9.17) is 33.2 Å². The van der Waals surface area contributed by atoms with Gasteiger partial charge >= 0.3 is 0 Å². The maximum atomic E-state index is 8.85. The van der Waals surface area contributed by atoms with Crippen molar-refractivity contribution in [2.75, 3.05) is 7.11 Å². The van der Waals surface area contributed by atoms with Crippen LogP contribution in [0.5, 0.6) is 5.75 Å². The van der Waals surface area contributed by atoms with Crippen LogP contribution in [0.3, 0.4) is 0 Å². The van der Waals surface area contributed by atoms with Gasteiger partial charge in [-0.3, -0.25) is 0 Å². The van der Waals surface area contributed by atoms with E-state index in [1.807, 2.05) is 30.3 Å². The van der Waals surface area contributed by atoms with E-state index in [0.29, 0.717) is 15.8 Å². The second kappa shape index (κ2) is 5.97. The molecule has 0 aliphatic carbocycles. The largest absolute Gasteiger partial charge is 0.496 e. The van der Waals surface area contributed by atoms with Crippen molar-refractivity contribution in [2.24, 2.45) is 0 Å². The van der Waals surface area contributed by atoms with Crippen LogP contribution in [0.25, 0.3) is 11.1 Å². The molecule has 0 unspecified atom stereocenters. The van der Waals surface area contributed by atoms with Crippen LogP contribution in [-0.2, 0) is 6.42 Å². The van der Waals surface area contributed by atoms with E-state index in [-0.39, 0.29) is 6.42 Å². The highest BCUT2D eigenvalue weighted by molar-refractivity contribution is 6.43. The summed E-state index contributed by atoms with van der Waals surface area (Å²) in [6.07, 6.45) is 0.287. The standard InChI is InChI=1S/C15H11Cl2NO/c1-19-14-6-5-10(9-11(14)7-8-18)12-3-2-4-13(16)15(12)17/h2-6,9H,7H2,1H3. The number of benzene rings is 2. The first kappa shape index (κ1) is 13.7. The zero-order valence-corrected chi connectivity index (χ0v) is 11.8. The summed E-state index contributed by atoms with van der Waals surface area (Å²) in [4.78, 5) is 0. The van der Waals surface area contributed by atoms with E-state index in [0.717, 1.165) is 16.7 Å². The molecule has 0 amide bonds. The topological polar surface area (TPSA) is 33.0 Å². The fraction of sp³-hybridized carbons (Fsp3) is 0.133. The predicted octanol–water partition coefficient (Wildman–Crippen LogP) is 4.74. The molecule has 0 heterocycles. The van der Waals surface area contributed by atoms with Crippen LogP contribution in [-0.4, -0.2) is 7.11 Å². The Hall–Kier alpha value is -1.69. The zero-order valence-electron chi connectivity index (χ0n) is 10.3. The van der Waals surface area contributed by atoms with Crippen LogP contribution in [0, 0.1) is 11.3 Å². The average Bonchev–Trinajstić information content (AvgIpc) is 2.42. The van der Waals surface area contributed by atoms with Crippen LogP contribution in [0.4, 0.5) is 0 Å². The molecule has 0 saturated heterocycles. The quantitative estimate of drug-likeness (QED) is 0.819. The molecule has 0 spiro atoms. The van der Waals surface area contributed by atoms with E-state index in [2.05, 4.69) is 6.07 Å². The maximum absolute atomic E-state index is 8.85. The Labute approximate surface area is 122 Å². The van der Waals surface area contributed by atoms with Gasteiger partial charge in [0, 0.05) is 11.1 Å². The summed E-state index contributed by atoms with van der Waals surface area (Å²) in [5.41, 5.74) is 2.59. The Bertz CT molecular complexity index is 647. The first-order valence-electron chi connectivity index (χ1n) is 5.65. The van der Waals surface area contributed by atoms with Crippen molar-refractivity contribution >= 4 is 23.2 Å². The maximum Gasteiger partial charge on any atom is 0.123 e. The SMILES string of the molecule is COc1ccc(-c2cccc(Cl)c2Cl)cc1CC#N. The molecule has 0 fully saturated rings. The van der Waals surface area contributed by atoms with E-state index in [1.165, 1.54) is 0 Å². The molecule has 96 valence electrons. The van der Waals surface area contributed by atoms with E-state index >= 15 is 0 Å². The Morgan fingerprint density at radius 1 is 1.21 bits per heavy atom. The molecule has 19 heavy (non-hydrogen) atoms. The first-order valence-corrected chi connectivity index (χ1v) is 6.41. The Kier molecular flexibility index (Phi) is 4.31. The normalized spacial score (nSPS) is 10.0. The number of methoxy groups -OCH3 is 1. The van der Waals surface area contributed by atoms with Crippen LogP contribution < -0.4 is 4.74 Å². The Morgan fingerprint density at radius 2 is 2.00 bits per heavy atom. The van der Waals surface area contributed by atoms with Crippen molar-refractivity contribution in [3.8, 4) is 22.9 Å². The summed E-state index contributed by atoms with van der Waals surface area (Å²) in [7, 11) is 1.59. The summed E-state index contributed by atoms with van der Waals surface area (Å²) in [6.45, 7) is 0. The third-order valence-electron chi connectivity index (χ3n) is 2.81. The minimum atomic E-state index is 0.287. The molecule has 0 bridgehead atoms. The van der Waals surface area contributed by atoms with Crippen LogP contribution >= 0.6 is 23.2 Å². The molecule has 0 aliphatic heterocycles. The molecule has 0 aromatic heterocycles. The lowest BCUT2D eigenvalue weighted by Gasteiger charge is -2.10. The van der Waals surface area contributed by atoms with Crippen molar-refractivity contribution < 1.29 is 4.74 Å². The first-order chi connectivity index (χ1) is 9.17. The Balaban J connectivity index is 2.54. The molecule has 2 aromatic carbocycles. The summed E-state index contributed by atoms with van der Waals surface area (Å²) in [5, 5.41) is 9.87. The number of ether oxygens (including phenoxy) is 1. The molecular formula is C15H11Cl2NO. The van der Waals surface area contributed by atoms with Gasteiger partial charge in [0.2, 0.25) is 0 Å². The number of halogens is 2. The highest BCUT2D eigenvalue weighted by Crippen LogP contribution is 2.35. The predicted molar refractivity (Wildman–Crippen MR) is 77.8 cm³/mol. The second-order valence-corrected chi connectivity index (χ2v) is 4.75. The smallest absolute Gasteiger partial charge is 0.123 e. The molecule has 0 N–H and O–H groups in total. The number of nitrogens with zero attached hydrogens (tertiary/aromatic N) is 1. The summed E-state index contributed by atoms with van der Waals surface area (Å²) >= 11 is 12.2. The van der Waals surface area contributed by atoms with Crippen molar-refractivity contribution in [3.63, 3.8) is 0 Å². The number of hydrogen-bond donors (Lipinski definition) is 0. The van der Waals surface area contributed by atoms with Gasteiger partial charge in [-0.25, -0.2) is 0 Å². The van der Waals surface area contributed by atoms with Gasteiger partial charge in [0.1, 0.15) is 5.75 Å². The average molecular weight is 292 g/mol. The lowest BCUT2D eigenvalue weighted by atomic mass is 10.0. The molecule has 2 aromatic rings. The van der Waals surface area contributed by atoms with E-state index < -0.39 is 0 Å². The minimum Gasteiger partial charge on any atom is -0.496 e. The van der Waals surface area contributed by atoms with E-state index in [9.17, 15) is 0 Å². The molecule has 0 radical (unpaired) electrons. The van der Waals surface area contributed by atoms with Crippen molar-refractivity contribution in [2.45, 2.75) is 6.42 Å². The minimum absolute atomic E-state index is 0.287. The van der Waals surface area contributed by atoms with Crippen molar-refractivity contribution in [3.05, 3.63) is 52.0 Å². The zero-order chi connectivity index (χ0) is 13.8. The summed E-state index contributed by atoms with van der Waals surface area (Å²) in [5.74, 6) is 0.698. The number of hydrogen-bond acceptors (Lipinski definition) is 2. The van der Waals surface area contributed by atoms with Crippen LogP contribution in [0.2, 0.25) is 10.0 Å². The summed E-state index contributed by atoms with van der Waals surface area (Å²) < 4.78 is 5.23. The highest BCUT2D eigenvalue weighted by Gasteiger charge is 2.10.